The van der Waals surface area contributed by atoms with Gasteiger partial charge in [0.25, 0.3) is 0 Å². The lowest BCUT2D eigenvalue weighted by molar-refractivity contribution is -0.151. The van der Waals surface area contributed by atoms with Gasteiger partial charge in [-0.05, 0) is 12.5 Å². The number of hydrogen-bond donors (Lipinski definition) is 1. The van der Waals surface area contributed by atoms with E-state index in [1.165, 1.54) is 0 Å². The van der Waals surface area contributed by atoms with Gasteiger partial charge in [0.1, 0.15) is 19.0 Å². The molecule has 5 heteroatoms. The fourth-order valence-corrected chi connectivity index (χ4v) is 1.83. The molecule has 0 unspecified atom stereocenters. The van der Waals surface area contributed by atoms with E-state index < -0.39 is 6.10 Å². The number of ether oxygens (including phenoxy) is 4. The van der Waals surface area contributed by atoms with Gasteiger partial charge in [-0.25, -0.2) is 0 Å². The number of aliphatic hydroxyl groups excluding tert-OH is 1. The predicted octanol–water partition coefficient (Wildman–Crippen LogP) is 1.76. The molecule has 1 aromatic rings. The Morgan fingerprint density at radius 1 is 1.10 bits per heavy atom. The number of methoxy groups -OCH3 is 1. The van der Waals surface area contributed by atoms with Crippen LogP contribution in [0.15, 0.2) is 30.3 Å². The third kappa shape index (κ3) is 5.98. The van der Waals surface area contributed by atoms with Crippen molar-refractivity contribution in [1.29, 1.82) is 0 Å². The summed E-state index contributed by atoms with van der Waals surface area (Å²) < 4.78 is 21.5. The highest BCUT2D eigenvalue weighted by atomic mass is 16.7. The van der Waals surface area contributed by atoms with Gasteiger partial charge in [-0.3, -0.25) is 0 Å². The second-order valence-electron chi connectivity index (χ2n) is 4.19. The van der Waals surface area contributed by atoms with Crippen LogP contribution in [0.2, 0.25) is 0 Å². The van der Waals surface area contributed by atoms with Crippen LogP contribution in [0, 0.1) is 0 Å². The van der Waals surface area contributed by atoms with E-state index in [2.05, 4.69) is 0 Å². The molecule has 1 rings (SSSR count). The van der Waals surface area contributed by atoms with E-state index in [4.69, 9.17) is 18.9 Å². The normalized spacial score (nSPS) is 14.2. The van der Waals surface area contributed by atoms with E-state index in [0.29, 0.717) is 19.8 Å². The first-order valence-corrected chi connectivity index (χ1v) is 6.79. The van der Waals surface area contributed by atoms with Gasteiger partial charge >= 0.3 is 0 Å². The highest BCUT2D eigenvalue weighted by Gasteiger charge is 2.23. The summed E-state index contributed by atoms with van der Waals surface area (Å²) in [6.07, 6.45) is -0.767. The second kappa shape index (κ2) is 10.8. The van der Waals surface area contributed by atoms with Crippen molar-refractivity contribution in [2.75, 3.05) is 40.3 Å². The van der Waals surface area contributed by atoms with Gasteiger partial charge in [-0.15, -0.1) is 0 Å². The van der Waals surface area contributed by atoms with Gasteiger partial charge < -0.3 is 24.1 Å². The molecule has 2 atom stereocenters. The molecule has 0 aromatic heterocycles. The monoisotopic (exact) mass is 284 g/mol. The quantitative estimate of drug-likeness (QED) is 0.496. The van der Waals surface area contributed by atoms with Crippen LogP contribution >= 0.6 is 0 Å². The molecule has 0 amide bonds. The predicted molar refractivity (Wildman–Crippen MR) is 75.5 cm³/mol. The maximum Gasteiger partial charge on any atom is 0.147 e. The van der Waals surface area contributed by atoms with Crippen LogP contribution < -0.4 is 0 Å². The van der Waals surface area contributed by atoms with Crippen LogP contribution in [0.4, 0.5) is 0 Å². The minimum atomic E-state index is -0.409. The van der Waals surface area contributed by atoms with E-state index in [1.54, 1.807) is 7.11 Å². The number of rotatable bonds is 11. The third-order valence-corrected chi connectivity index (χ3v) is 2.79. The van der Waals surface area contributed by atoms with E-state index in [9.17, 15) is 5.11 Å². The van der Waals surface area contributed by atoms with Crippen LogP contribution in [-0.2, 0) is 18.9 Å². The van der Waals surface area contributed by atoms with E-state index >= 15 is 0 Å². The van der Waals surface area contributed by atoms with Gasteiger partial charge in [0, 0.05) is 13.7 Å². The Bertz CT molecular complexity index is 330. The van der Waals surface area contributed by atoms with Crippen LogP contribution in [0.5, 0.6) is 0 Å². The molecule has 1 aromatic carbocycles. The summed E-state index contributed by atoms with van der Waals surface area (Å²) in [7, 11) is 1.62. The average Bonchev–Trinajstić information content (AvgIpc) is 2.50. The minimum absolute atomic E-state index is 0.106. The standard InChI is InChI=1S/C15H24O5/c1-3-19-14(11-16)15(13-7-5-4-6-8-13)20-12-18-10-9-17-2/h4-8,14-16H,3,9-12H2,1-2H3/t14-,15+/m0/s1. The molecule has 20 heavy (non-hydrogen) atoms. The largest absolute Gasteiger partial charge is 0.394 e. The maximum absolute atomic E-state index is 9.46. The van der Waals surface area contributed by atoms with Crippen LogP contribution in [0.25, 0.3) is 0 Å². The molecular formula is C15H24O5. The van der Waals surface area contributed by atoms with Crippen molar-refractivity contribution in [2.24, 2.45) is 0 Å². The zero-order chi connectivity index (χ0) is 14.6. The summed E-state index contributed by atoms with van der Waals surface area (Å²) in [6, 6.07) is 9.68. The molecule has 0 saturated carbocycles. The molecule has 0 fully saturated rings. The first-order chi connectivity index (χ1) is 9.83. The highest BCUT2D eigenvalue weighted by Crippen LogP contribution is 2.23. The molecule has 114 valence electrons. The van der Waals surface area contributed by atoms with Crippen molar-refractivity contribution in [1.82, 2.24) is 0 Å². The maximum atomic E-state index is 9.46. The molecule has 0 spiro atoms. The Kier molecular flexibility index (Phi) is 9.19. The van der Waals surface area contributed by atoms with Crippen molar-refractivity contribution in [2.45, 2.75) is 19.1 Å². The Labute approximate surface area is 120 Å². The summed E-state index contributed by atoms with van der Waals surface area (Å²) in [5.41, 5.74) is 0.954. The van der Waals surface area contributed by atoms with E-state index in [0.717, 1.165) is 5.56 Å². The molecule has 1 N–H and O–H groups in total. The van der Waals surface area contributed by atoms with Gasteiger partial charge in [0.05, 0.1) is 19.8 Å². The van der Waals surface area contributed by atoms with Crippen molar-refractivity contribution in [3.8, 4) is 0 Å². The van der Waals surface area contributed by atoms with Crippen molar-refractivity contribution >= 4 is 0 Å². The van der Waals surface area contributed by atoms with Crippen LogP contribution in [0.3, 0.4) is 0 Å². The Morgan fingerprint density at radius 2 is 1.85 bits per heavy atom. The number of aliphatic hydroxyl groups is 1. The molecule has 0 aliphatic carbocycles. The Morgan fingerprint density at radius 3 is 2.45 bits per heavy atom. The molecule has 0 aliphatic rings. The zero-order valence-electron chi connectivity index (χ0n) is 12.2. The fourth-order valence-electron chi connectivity index (χ4n) is 1.83. The first kappa shape index (κ1) is 17.1. The van der Waals surface area contributed by atoms with Crippen molar-refractivity contribution in [3.63, 3.8) is 0 Å². The van der Waals surface area contributed by atoms with Crippen LogP contribution in [-0.4, -0.2) is 51.5 Å². The molecule has 0 aliphatic heterocycles. The average molecular weight is 284 g/mol. The highest BCUT2D eigenvalue weighted by molar-refractivity contribution is 5.18. The van der Waals surface area contributed by atoms with Gasteiger partial charge in [-0.1, -0.05) is 30.3 Å². The Hall–Kier alpha value is -0.980. The number of hydrogen-bond acceptors (Lipinski definition) is 5. The van der Waals surface area contributed by atoms with Crippen molar-refractivity contribution in [3.05, 3.63) is 35.9 Å². The summed E-state index contributed by atoms with van der Waals surface area (Å²) in [5.74, 6) is 0. The summed E-state index contributed by atoms with van der Waals surface area (Å²) >= 11 is 0. The SMILES string of the molecule is CCO[C@@H](CO)[C@H](OCOCCOC)c1ccccc1. The first-order valence-electron chi connectivity index (χ1n) is 6.79. The summed E-state index contributed by atoms with van der Waals surface area (Å²) in [4.78, 5) is 0. The molecule has 0 heterocycles. The lowest BCUT2D eigenvalue weighted by Gasteiger charge is -2.26. The Balaban J connectivity index is 2.59. The summed E-state index contributed by atoms with van der Waals surface area (Å²) in [5, 5.41) is 9.46. The molecule has 0 radical (unpaired) electrons. The van der Waals surface area contributed by atoms with E-state index in [-0.39, 0.29) is 19.5 Å². The lowest BCUT2D eigenvalue weighted by atomic mass is 10.0. The van der Waals surface area contributed by atoms with Crippen LogP contribution in [0.1, 0.15) is 18.6 Å². The third-order valence-electron chi connectivity index (χ3n) is 2.79. The fraction of sp³-hybridized carbons (Fsp3) is 0.600. The lowest BCUT2D eigenvalue weighted by Crippen LogP contribution is -2.29. The topological polar surface area (TPSA) is 57.2 Å². The molecule has 5 nitrogen and oxygen atoms in total. The van der Waals surface area contributed by atoms with Gasteiger partial charge in [0.2, 0.25) is 0 Å². The minimum Gasteiger partial charge on any atom is -0.394 e. The van der Waals surface area contributed by atoms with Crippen molar-refractivity contribution < 1.29 is 24.1 Å². The molecule has 0 saturated heterocycles. The number of benzene rings is 1. The van der Waals surface area contributed by atoms with Gasteiger partial charge in [0.15, 0.2) is 0 Å². The summed E-state index contributed by atoms with van der Waals surface area (Å²) in [6.45, 7) is 3.42. The van der Waals surface area contributed by atoms with E-state index in [1.807, 2.05) is 37.3 Å². The van der Waals surface area contributed by atoms with Gasteiger partial charge in [-0.2, -0.15) is 0 Å². The second-order valence-corrected chi connectivity index (χ2v) is 4.19. The molecular weight excluding hydrogens is 260 g/mol. The molecule has 0 bridgehead atoms. The smallest absolute Gasteiger partial charge is 0.147 e. The zero-order valence-corrected chi connectivity index (χ0v) is 12.2.